The molecule has 0 radical (unpaired) electrons. The first-order valence-corrected chi connectivity index (χ1v) is 16.0. The Morgan fingerprint density at radius 2 is 1.88 bits per heavy atom. The van der Waals surface area contributed by atoms with Gasteiger partial charge in [0.25, 0.3) is 0 Å². The van der Waals surface area contributed by atoms with Crippen LogP contribution in [-0.2, 0) is 6.54 Å². The summed E-state index contributed by atoms with van der Waals surface area (Å²) in [5.41, 5.74) is 8.50. The second kappa shape index (κ2) is 10.9. The lowest BCUT2D eigenvalue weighted by molar-refractivity contribution is 0.410. The first-order chi connectivity index (χ1) is 15.4. The number of nitrogens with two attached hydrogens (primary N) is 1. The molecule has 1 aromatic carbocycles. The molecule has 2 unspecified atom stereocenters. The van der Waals surface area contributed by atoms with Crippen molar-refractivity contribution in [3.05, 3.63) is 30.6 Å². The fourth-order valence-electron chi connectivity index (χ4n) is 3.83. The van der Waals surface area contributed by atoms with Crippen molar-refractivity contribution >= 4 is 72.9 Å². The molecule has 2 heterocycles. The summed E-state index contributed by atoms with van der Waals surface area (Å²) in [5.74, 6) is 1.88. The van der Waals surface area contributed by atoms with Gasteiger partial charge in [0.05, 0.1) is 13.7 Å². The van der Waals surface area contributed by atoms with Crippen LogP contribution in [0.2, 0.25) is 0 Å². The summed E-state index contributed by atoms with van der Waals surface area (Å²) in [6, 6.07) is 8.69. The molecule has 32 heavy (non-hydrogen) atoms. The van der Waals surface area contributed by atoms with Crippen molar-refractivity contribution in [1.82, 2.24) is 19.5 Å². The Kier molecular flexibility index (Phi) is 8.13. The monoisotopic (exact) mass is 509 g/mol. The SMILES string of the molecule is CCn1cnc2c(Nc3ccc(P(S)CP(O)S)cc3)nc(NC3CCC(N)CC3)nc21. The number of hydrogen-bond acceptors (Lipinski definition) is 9. The van der Waals surface area contributed by atoms with E-state index in [1.807, 2.05) is 28.8 Å². The minimum Gasteiger partial charge on any atom is -0.363 e. The highest BCUT2D eigenvalue weighted by molar-refractivity contribution is 8.53. The molecule has 0 saturated heterocycles. The molecular formula is C20H29N7OP2S2. The summed E-state index contributed by atoms with van der Waals surface area (Å²) in [6.45, 7) is 2.85. The lowest BCUT2D eigenvalue weighted by atomic mass is 9.92. The van der Waals surface area contributed by atoms with Crippen molar-refractivity contribution in [1.29, 1.82) is 0 Å². The van der Waals surface area contributed by atoms with Gasteiger partial charge in [0.1, 0.15) is 0 Å². The second-order valence-corrected chi connectivity index (χ2v) is 14.0. The molecule has 0 spiro atoms. The average molecular weight is 510 g/mol. The van der Waals surface area contributed by atoms with E-state index in [2.05, 4.69) is 47.0 Å². The first kappa shape index (κ1) is 24.0. The van der Waals surface area contributed by atoms with Crippen LogP contribution in [0.3, 0.4) is 0 Å². The molecule has 1 aliphatic rings. The van der Waals surface area contributed by atoms with Gasteiger partial charge in [-0.25, -0.2) is 4.98 Å². The van der Waals surface area contributed by atoms with Gasteiger partial charge in [-0.1, -0.05) is 12.1 Å². The third kappa shape index (κ3) is 5.85. The van der Waals surface area contributed by atoms with E-state index in [0.717, 1.165) is 54.4 Å². The first-order valence-electron chi connectivity index (χ1n) is 10.7. The zero-order valence-corrected chi connectivity index (χ0v) is 21.5. The van der Waals surface area contributed by atoms with Crippen molar-refractivity contribution in [3.63, 3.8) is 0 Å². The van der Waals surface area contributed by atoms with Gasteiger partial charge >= 0.3 is 0 Å². The Labute approximate surface area is 201 Å². The summed E-state index contributed by atoms with van der Waals surface area (Å²) in [5, 5.41) is 8.02. The standard InChI is InChI=1S/C20H29N7OP2S2/c1-2-27-11-22-17-18(23-14-7-9-16(10-8-14)29(31)12-30(28)32)25-20(26-19(17)27)24-15-5-3-13(21)4-6-15/h7-11,13,15,28,31-32H,2-6,12,21H2,1H3,(H2,23,24,25,26). The Morgan fingerprint density at radius 1 is 1.16 bits per heavy atom. The Morgan fingerprint density at radius 3 is 2.53 bits per heavy atom. The van der Waals surface area contributed by atoms with Crippen LogP contribution in [-0.4, -0.2) is 42.4 Å². The van der Waals surface area contributed by atoms with E-state index in [4.69, 9.17) is 15.7 Å². The van der Waals surface area contributed by atoms with Crippen LogP contribution in [0.5, 0.6) is 0 Å². The van der Waals surface area contributed by atoms with E-state index in [0.29, 0.717) is 29.8 Å². The predicted octanol–water partition coefficient (Wildman–Crippen LogP) is 4.42. The molecule has 2 aromatic heterocycles. The normalized spacial score (nSPS) is 20.8. The molecule has 8 nitrogen and oxygen atoms in total. The summed E-state index contributed by atoms with van der Waals surface area (Å²) < 4.78 is 2.02. The van der Waals surface area contributed by atoms with Gasteiger partial charge < -0.3 is 25.8 Å². The fourth-order valence-corrected chi connectivity index (χ4v) is 9.45. The van der Waals surface area contributed by atoms with Gasteiger partial charge in [0, 0.05) is 30.2 Å². The lowest BCUT2D eigenvalue weighted by Crippen LogP contribution is -2.33. The highest BCUT2D eigenvalue weighted by Gasteiger charge is 2.21. The molecule has 0 bridgehead atoms. The van der Waals surface area contributed by atoms with Gasteiger partial charge in [-0.3, -0.25) is 0 Å². The van der Waals surface area contributed by atoms with Gasteiger partial charge in [0.2, 0.25) is 5.95 Å². The minimum absolute atomic E-state index is 0.300. The van der Waals surface area contributed by atoms with Crippen LogP contribution in [0.25, 0.3) is 11.2 Å². The average Bonchev–Trinajstić information content (AvgIpc) is 3.19. The van der Waals surface area contributed by atoms with E-state index in [9.17, 15) is 4.89 Å². The van der Waals surface area contributed by atoms with Crippen molar-refractivity contribution < 1.29 is 4.89 Å². The van der Waals surface area contributed by atoms with Crippen LogP contribution >= 0.6 is 39.0 Å². The van der Waals surface area contributed by atoms with Crippen molar-refractivity contribution in [2.75, 3.05) is 16.5 Å². The molecule has 1 aliphatic carbocycles. The largest absolute Gasteiger partial charge is 0.363 e. The Bertz CT molecular complexity index is 1040. The molecule has 0 aliphatic heterocycles. The third-order valence-corrected chi connectivity index (χ3v) is 11.5. The molecule has 1 fully saturated rings. The van der Waals surface area contributed by atoms with Crippen LogP contribution in [0.15, 0.2) is 30.6 Å². The second-order valence-electron chi connectivity index (χ2n) is 7.94. The maximum absolute atomic E-state index is 9.56. The van der Waals surface area contributed by atoms with Crippen molar-refractivity contribution in [2.24, 2.45) is 5.73 Å². The van der Waals surface area contributed by atoms with Crippen LogP contribution in [0, 0.1) is 0 Å². The number of hydrogen-bond donors (Lipinski definition) is 6. The predicted molar refractivity (Wildman–Crippen MR) is 143 cm³/mol. The van der Waals surface area contributed by atoms with Gasteiger partial charge in [0.15, 0.2) is 17.0 Å². The fraction of sp³-hybridized carbons (Fsp3) is 0.450. The molecule has 4 rings (SSSR count). The van der Waals surface area contributed by atoms with Gasteiger partial charge in [-0.05, 0) is 57.2 Å². The zero-order valence-electron chi connectivity index (χ0n) is 17.9. The molecule has 12 heteroatoms. The number of fused-ring (bicyclic) bond motifs is 1. The van der Waals surface area contributed by atoms with E-state index < -0.39 is 14.5 Å². The minimum atomic E-state index is -1.25. The molecule has 5 N–H and O–H groups in total. The highest BCUT2D eigenvalue weighted by Crippen LogP contribution is 2.53. The zero-order chi connectivity index (χ0) is 22.7. The van der Waals surface area contributed by atoms with Crippen LogP contribution in [0.1, 0.15) is 32.6 Å². The van der Waals surface area contributed by atoms with E-state index in [1.54, 1.807) is 6.33 Å². The maximum Gasteiger partial charge on any atom is 0.227 e. The Balaban J connectivity index is 1.57. The number of rotatable bonds is 8. The molecule has 1 saturated carbocycles. The maximum atomic E-state index is 9.56. The third-order valence-electron chi connectivity index (χ3n) is 5.60. The molecule has 0 amide bonds. The van der Waals surface area contributed by atoms with Gasteiger partial charge in [-0.15, -0.1) is 24.5 Å². The number of nitrogens with zero attached hydrogens (tertiary/aromatic N) is 4. The Hall–Kier alpha value is -1.15. The number of anilines is 3. The summed E-state index contributed by atoms with van der Waals surface area (Å²) in [7, 11) is -1.98. The number of aromatic nitrogens is 4. The summed E-state index contributed by atoms with van der Waals surface area (Å²) in [4.78, 5) is 23.6. The highest BCUT2D eigenvalue weighted by atomic mass is 32.7. The topological polar surface area (TPSA) is 114 Å². The smallest absolute Gasteiger partial charge is 0.227 e. The van der Waals surface area contributed by atoms with E-state index in [1.165, 1.54) is 0 Å². The van der Waals surface area contributed by atoms with E-state index in [-0.39, 0.29) is 0 Å². The van der Waals surface area contributed by atoms with Crippen LogP contribution in [0.4, 0.5) is 17.5 Å². The van der Waals surface area contributed by atoms with Crippen molar-refractivity contribution in [2.45, 2.75) is 51.2 Å². The molecular weight excluding hydrogens is 480 g/mol. The summed E-state index contributed by atoms with van der Waals surface area (Å²) >= 11 is 8.76. The number of thiol groups is 2. The molecule has 172 valence electrons. The number of aryl methyl sites for hydroxylation is 1. The quantitative estimate of drug-likeness (QED) is 0.197. The molecule has 2 atom stereocenters. The molecule has 3 aromatic rings. The van der Waals surface area contributed by atoms with Crippen molar-refractivity contribution in [3.8, 4) is 0 Å². The number of benzene rings is 1. The van der Waals surface area contributed by atoms with Gasteiger partial charge in [-0.2, -0.15) is 9.97 Å². The van der Waals surface area contributed by atoms with E-state index >= 15 is 0 Å². The van der Waals surface area contributed by atoms with Crippen LogP contribution < -0.4 is 21.7 Å². The lowest BCUT2D eigenvalue weighted by Gasteiger charge is -2.26. The number of nitrogens with one attached hydrogen (secondary N) is 2. The number of imidazole rings is 1. The summed E-state index contributed by atoms with van der Waals surface area (Å²) in [6.07, 6.45) is 5.88.